The van der Waals surface area contributed by atoms with Crippen molar-refractivity contribution in [3.05, 3.63) is 12.1 Å². The quantitative estimate of drug-likeness (QED) is 0.710. The van der Waals surface area contributed by atoms with E-state index in [0.717, 1.165) is 36.4 Å². The Morgan fingerprint density at radius 3 is 2.52 bits per heavy atom. The Morgan fingerprint density at radius 2 is 1.86 bits per heavy atom. The fourth-order valence-electron chi connectivity index (χ4n) is 5.31. The largest absolute Gasteiger partial charge is 0.492 e. The molecule has 1 N–H and O–H groups in total. The molecule has 4 rings (SSSR count). The average Bonchev–Trinajstić information content (AvgIpc) is 3.34. The molecule has 1 aliphatic heterocycles. The SMILES string of the molecule is CCOc1cc(N2CCOCC2)c(OCC)cc1NC(=O)C[C@@H]1C[C@H]2CC[C@@H]1C2. The maximum absolute atomic E-state index is 12.8. The van der Waals surface area contributed by atoms with Crippen LogP contribution in [0.4, 0.5) is 11.4 Å². The molecule has 1 saturated heterocycles. The summed E-state index contributed by atoms with van der Waals surface area (Å²) < 4.78 is 17.3. The molecule has 1 aromatic rings. The second kappa shape index (κ2) is 9.24. The molecule has 0 spiro atoms. The minimum absolute atomic E-state index is 0.0880. The Morgan fingerprint density at radius 1 is 1.10 bits per heavy atom. The van der Waals surface area contributed by atoms with Crippen LogP contribution in [-0.4, -0.2) is 45.4 Å². The maximum atomic E-state index is 12.8. The van der Waals surface area contributed by atoms with Crippen LogP contribution in [0, 0.1) is 17.8 Å². The van der Waals surface area contributed by atoms with Gasteiger partial charge >= 0.3 is 0 Å². The first-order valence-corrected chi connectivity index (χ1v) is 11.2. The number of carbonyl (C=O) groups excluding carboxylic acids is 1. The van der Waals surface area contributed by atoms with Gasteiger partial charge in [-0.15, -0.1) is 0 Å². The molecule has 0 unspecified atom stereocenters. The van der Waals surface area contributed by atoms with E-state index in [4.69, 9.17) is 14.2 Å². The molecule has 3 atom stereocenters. The van der Waals surface area contributed by atoms with Gasteiger partial charge in [0.15, 0.2) is 0 Å². The van der Waals surface area contributed by atoms with E-state index in [2.05, 4.69) is 10.2 Å². The smallest absolute Gasteiger partial charge is 0.224 e. The topological polar surface area (TPSA) is 60.0 Å². The highest BCUT2D eigenvalue weighted by molar-refractivity contribution is 5.93. The highest BCUT2D eigenvalue weighted by Crippen LogP contribution is 2.49. The van der Waals surface area contributed by atoms with Gasteiger partial charge in [0.2, 0.25) is 5.91 Å². The molecule has 6 nitrogen and oxygen atoms in total. The third-order valence-corrected chi connectivity index (χ3v) is 6.62. The fraction of sp³-hybridized carbons (Fsp3) is 0.696. The first-order valence-electron chi connectivity index (χ1n) is 11.2. The zero-order valence-electron chi connectivity index (χ0n) is 17.7. The minimum atomic E-state index is 0.0880. The summed E-state index contributed by atoms with van der Waals surface area (Å²) in [6.45, 7) is 8.12. The first-order chi connectivity index (χ1) is 14.2. The summed E-state index contributed by atoms with van der Waals surface area (Å²) >= 11 is 0. The summed E-state index contributed by atoms with van der Waals surface area (Å²) in [5.41, 5.74) is 1.71. The molecule has 0 aromatic heterocycles. The number of ether oxygens (including phenoxy) is 3. The molecule has 2 bridgehead atoms. The van der Waals surface area contributed by atoms with Gasteiger partial charge in [-0.1, -0.05) is 6.42 Å². The van der Waals surface area contributed by atoms with Crippen LogP contribution in [0.15, 0.2) is 12.1 Å². The molecular formula is C23H34N2O4. The van der Waals surface area contributed by atoms with Crippen molar-refractivity contribution in [2.45, 2.75) is 46.0 Å². The molecule has 1 amide bonds. The molecular weight excluding hydrogens is 368 g/mol. The number of fused-ring (bicyclic) bond motifs is 2. The molecule has 160 valence electrons. The molecule has 3 aliphatic rings. The predicted molar refractivity (Wildman–Crippen MR) is 114 cm³/mol. The molecule has 1 heterocycles. The summed E-state index contributed by atoms with van der Waals surface area (Å²) in [7, 11) is 0. The van der Waals surface area contributed by atoms with Crippen molar-refractivity contribution < 1.29 is 19.0 Å². The zero-order chi connectivity index (χ0) is 20.2. The molecule has 2 aliphatic carbocycles. The van der Waals surface area contributed by atoms with E-state index in [9.17, 15) is 4.79 Å². The van der Waals surface area contributed by atoms with Crippen LogP contribution in [0.2, 0.25) is 0 Å². The molecule has 29 heavy (non-hydrogen) atoms. The summed E-state index contributed by atoms with van der Waals surface area (Å²) in [5.74, 6) is 3.73. The minimum Gasteiger partial charge on any atom is -0.492 e. The van der Waals surface area contributed by atoms with Crippen molar-refractivity contribution in [3.8, 4) is 11.5 Å². The number of carbonyl (C=O) groups is 1. The summed E-state index contributed by atoms with van der Waals surface area (Å²) in [4.78, 5) is 15.1. The summed E-state index contributed by atoms with van der Waals surface area (Å²) in [5, 5.41) is 3.12. The molecule has 2 saturated carbocycles. The first kappa shape index (κ1) is 20.3. The highest BCUT2D eigenvalue weighted by Gasteiger charge is 2.40. The van der Waals surface area contributed by atoms with E-state index in [1.54, 1.807) is 0 Å². The Kier molecular flexibility index (Phi) is 6.48. The Balaban J connectivity index is 1.52. The van der Waals surface area contributed by atoms with Crippen molar-refractivity contribution in [1.29, 1.82) is 0 Å². The van der Waals surface area contributed by atoms with Crippen LogP contribution in [-0.2, 0) is 9.53 Å². The Labute approximate surface area is 173 Å². The van der Waals surface area contributed by atoms with Gasteiger partial charge in [0, 0.05) is 31.6 Å². The lowest BCUT2D eigenvalue weighted by Crippen LogP contribution is -2.36. The van der Waals surface area contributed by atoms with Gasteiger partial charge in [-0.3, -0.25) is 4.79 Å². The predicted octanol–water partition coefficient (Wildman–Crippen LogP) is 4.09. The molecule has 1 aromatic carbocycles. The number of nitrogens with zero attached hydrogens (tertiary/aromatic N) is 1. The average molecular weight is 403 g/mol. The summed E-state index contributed by atoms with van der Waals surface area (Å²) in [6.07, 6.45) is 5.82. The van der Waals surface area contributed by atoms with Gasteiger partial charge in [-0.2, -0.15) is 0 Å². The Bertz CT molecular complexity index is 717. The van der Waals surface area contributed by atoms with Crippen molar-refractivity contribution in [1.82, 2.24) is 0 Å². The number of amides is 1. The van der Waals surface area contributed by atoms with Crippen LogP contribution in [0.1, 0.15) is 46.0 Å². The lowest BCUT2D eigenvalue weighted by atomic mass is 9.86. The lowest BCUT2D eigenvalue weighted by Gasteiger charge is -2.31. The third kappa shape index (κ3) is 4.63. The fourth-order valence-corrected chi connectivity index (χ4v) is 5.31. The molecule has 6 heteroatoms. The standard InChI is InChI=1S/C23H34N2O4/c1-3-28-21-15-20(25-7-9-27-10-8-25)22(29-4-2)14-19(21)24-23(26)13-18-12-16-5-6-17(18)11-16/h14-18H,3-13H2,1-2H3,(H,24,26)/t16-,17+,18-/m0/s1. The second-order valence-corrected chi connectivity index (χ2v) is 8.47. The highest BCUT2D eigenvalue weighted by atomic mass is 16.5. The summed E-state index contributed by atoms with van der Waals surface area (Å²) in [6, 6.07) is 3.94. The van der Waals surface area contributed by atoms with Gasteiger partial charge in [-0.05, 0) is 50.9 Å². The van der Waals surface area contributed by atoms with Gasteiger partial charge in [-0.25, -0.2) is 0 Å². The van der Waals surface area contributed by atoms with Crippen molar-refractivity contribution in [2.75, 3.05) is 49.7 Å². The van der Waals surface area contributed by atoms with Crippen LogP contribution in [0.5, 0.6) is 11.5 Å². The van der Waals surface area contributed by atoms with Crippen LogP contribution >= 0.6 is 0 Å². The number of morpholine rings is 1. The second-order valence-electron chi connectivity index (χ2n) is 8.47. The van der Waals surface area contributed by atoms with Gasteiger partial charge in [0.25, 0.3) is 0 Å². The zero-order valence-corrected chi connectivity index (χ0v) is 17.7. The van der Waals surface area contributed by atoms with Gasteiger partial charge in [0.1, 0.15) is 11.5 Å². The normalized spacial score (nSPS) is 25.9. The van der Waals surface area contributed by atoms with Gasteiger partial charge in [0.05, 0.1) is 37.8 Å². The number of hydrogen-bond acceptors (Lipinski definition) is 5. The van der Waals surface area contributed by atoms with E-state index in [0.29, 0.717) is 50.2 Å². The van der Waals surface area contributed by atoms with Crippen LogP contribution < -0.4 is 19.7 Å². The van der Waals surface area contributed by atoms with Crippen LogP contribution in [0.25, 0.3) is 0 Å². The van der Waals surface area contributed by atoms with Crippen molar-refractivity contribution in [2.24, 2.45) is 17.8 Å². The monoisotopic (exact) mass is 402 g/mol. The van der Waals surface area contributed by atoms with E-state index < -0.39 is 0 Å². The van der Waals surface area contributed by atoms with E-state index >= 15 is 0 Å². The third-order valence-electron chi connectivity index (χ3n) is 6.62. The van der Waals surface area contributed by atoms with Crippen LogP contribution in [0.3, 0.4) is 0 Å². The molecule has 0 radical (unpaired) electrons. The van der Waals surface area contributed by atoms with Gasteiger partial charge < -0.3 is 24.4 Å². The number of anilines is 2. The number of benzene rings is 1. The van der Waals surface area contributed by atoms with E-state index in [1.807, 2.05) is 26.0 Å². The van der Waals surface area contributed by atoms with Crippen molar-refractivity contribution in [3.63, 3.8) is 0 Å². The Hall–Kier alpha value is -1.95. The number of nitrogens with one attached hydrogen (secondary N) is 1. The van der Waals surface area contributed by atoms with Crippen molar-refractivity contribution >= 4 is 17.3 Å². The number of rotatable bonds is 8. The maximum Gasteiger partial charge on any atom is 0.224 e. The molecule has 3 fully saturated rings. The van der Waals surface area contributed by atoms with E-state index in [1.165, 1.54) is 25.7 Å². The lowest BCUT2D eigenvalue weighted by molar-refractivity contribution is -0.117. The number of hydrogen-bond donors (Lipinski definition) is 1. The van der Waals surface area contributed by atoms with E-state index in [-0.39, 0.29) is 5.91 Å².